The van der Waals surface area contributed by atoms with Gasteiger partial charge in [-0.1, -0.05) is 12.1 Å². The lowest BCUT2D eigenvalue weighted by atomic mass is 9.95. The number of aliphatic hydroxyl groups is 1. The van der Waals surface area contributed by atoms with Crippen LogP contribution < -0.4 is 5.73 Å². The highest BCUT2D eigenvalue weighted by atomic mass is 16.3. The number of benzene rings is 1. The number of amides is 1. The third-order valence-corrected chi connectivity index (χ3v) is 2.54. The Balaban J connectivity index is 2.14. The highest BCUT2D eigenvalue weighted by Crippen LogP contribution is 2.23. The Hall–Kier alpha value is -1.55. The van der Waals surface area contributed by atoms with Gasteiger partial charge in [-0.15, -0.1) is 0 Å². The average molecular weight is 206 g/mol. The number of hydrogen-bond donors (Lipinski definition) is 2. The normalized spacial score (nSPS) is 18.4. The van der Waals surface area contributed by atoms with Crippen LogP contribution in [-0.2, 0) is 0 Å². The molecular formula is C11H14N2O2. The number of nitrogens with two attached hydrogens (primary N) is 1. The summed E-state index contributed by atoms with van der Waals surface area (Å²) in [5.41, 5.74) is 5.95. The summed E-state index contributed by atoms with van der Waals surface area (Å²) in [7, 11) is 0. The van der Waals surface area contributed by atoms with Crippen molar-refractivity contribution in [2.24, 2.45) is 0 Å². The number of anilines is 1. The quantitative estimate of drug-likeness (QED) is 0.657. The molecule has 15 heavy (non-hydrogen) atoms. The van der Waals surface area contributed by atoms with Crippen molar-refractivity contribution in [2.45, 2.75) is 12.5 Å². The Kier molecular flexibility index (Phi) is 2.16. The van der Waals surface area contributed by atoms with Crippen molar-refractivity contribution in [3.05, 3.63) is 29.8 Å². The molecule has 1 aromatic rings. The summed E-state index contributed by atoms with van der Waals surface area (Å²) < 4.78 is 0. The van der Waals surface area contributed by atoms with E-state index in [9.17, 15) is 9.90 Å². The molecule has 0 spiro atoms. The van der Waals surface area contributed by atoms with Gasteiger partial charge in [-0.3, -0.25) is 4.79 Å². The van der Waals surface area contributed by atoms with Crippen LogP contribution in [0.5, 0.6) is 0 Å². The van der Waals surface area contributed by atoms with Crippen molar-refractivity contribution in [3.63, 3.8) is 0 Å². The lowest BCUT2D eigenvalue weighted by Gasteiger charge is -2.44. The van der Waals surface area contributed by atoms with Gasteiger partial charge in [0.15, 0.2) is 0 Å². The second kappa shape index (κ2) is 3.24. The van der Waals surface area contributed by atoms with Gasteiger partial charge < -0.3 is 15.7 Å². The van der Waals surface area contributed by atoms with Gasteiger partial charge in [-0.2, -0.15) is 0 Å². The molecule has 1 amide bonds. The van der Waals surface area contributed by atoms with Gasteiger partial charge in [0.1, 0.15) is 0 Å². The number of β-amino-alcohol motifs (C(OH)–C–C–N with tert-alkyl or cyclic N) is 1. The SMILES string of the molecule is CC1(O)CN(C(=O)c2ccccc2N)C1. The first-order valence-electron chi connectivity index (χ1n) is 4.86. The molecule has 0 unspecified atom stereocenters. The summed E-state index contributed by atoms with van der Waals surface area (Å²) in [6, 6.07) is 6.97. The number of nitrogen functional groups attached to an aromatic ring is 1. The Bertz CT molecular complexity index is 393. The number of likely N-dealkylation sites (tertiary alicyclic amines) is 1. The van der Waals surface area contributed by atoms with Crippen LogP contribution in [0.1, 0.15) is 17.3 Å². The zero-order valence-corrected chi connectivity index (χ0v) is 8.60. The third kappa shape index (κ3) is 1.80. The van der Waals surface area contributed by atoms with E-state index in [1.165, 1.54) is 0 Å². The van der Waals surface area contributed by atoms with Crippen LogP contribution in [0.25, 0.3) is 0 Å². The maximum atomic E-state index is 11.9. The highest BCUT2D eigenvalue weighted by molar-refractivity contribution is 5.99. The molecule has 1 fully saturated rings. The fourth-order valence-corrected chi connectivity index (χ4v) is 1.78. The van der Waals surface area contributed by atoms with Crippen molar-refractivity contribution in [1.29, 1.82) is 0 Å². The van der Waals surface area contributed by atoms with Gasteiger partial charge in [0.2, 0.25) is 0 Å². The van der Waals surface area contributed by atoms with Gasteiger partial charge in [-0.25, -0.2) is 0 Å². The van der Waals surface area contributed by atoms with E-state index in [4.69, 9.17) is 5.73 Å². The monoisotopic (exact) mass is 206 g/mol. The Morgan fingerprint density at radius 1 is 1.47 bits per heavy atom. The van der Waals surface area contributed by atoms with Crippen LogP contribution >= 0.6 is 0 Å². The molecule has 0 bridgehead atoms. The van der Waals surface area contributed by atoms with Gasteiger partial charge in [0.05, 0.1) is 24.3 Å². The zero-order valence-electron chi connectivity index (χ0n) is 8.60. The first-order valence-corrected chi connectivity index (χ1v) is 4.86. The zero-order chi connectivity index (χ0) is 11.1. The number of hydrogen-bond acceptors (Lipinski definition) is 3. The van der Waals surface area contributed by atoms with Gasteiger partial charge >= 0.3 is 0 Å². The minimum absolute atomic E-state index is 0.111. The summed E-state index contributed by atoms with van der Waals surface area (Å²) in [4.78, 5) is 13.5. The Labute approximate surface area is 88.3 Å². The van der Waals surface area contributed by atoms with Crippen LogP contribution in [0.4, 0.5) is 5.69 Å². The van der Waals surface area contributed by atoms with E-state index in [0.29, 0.717) is 24.3 Å². The second-order valence-corrected chi connectivity index (χ2v) is 4.25. The molecule has 0 saturated carbocycles. The molecule has 1 aliphatic rings. The maximum Gasteiger partial charge on any atom is 0.256 e. The van der Waals surface area contributed by atoms with Crippen LogP contribution in [-0.4, -0.2) is 34.6 Å². The lowest BCUT2D eigenvalue weighted by molar-refractivity contribution is -0.0668. The second-order valence-electron chi connectivity index (χ2n) is 4.25. The molecule has 0 atom stereocenters. The molecule has 1 aliphatic heterocycles. The molecule has 0 radical (unpaired) electrons. The molecule has 2 rings (SSSR count). The summed E-state index contributed by atoms with van der Waals surface area (Å²) >= 11 is 0. The number of carbonyl (C=O) groups excluding carboxylic acids is 1. The summed E-state index contributed by atoms with van der Waals surface area (Å²) in [6.45, 7) is 2.46. The molecule has 1 saturated heterocycles. The maximum absolute atomic E-state index is 11.9. The van der Waals surface area contributed by atoms with Crippen LogP contribution in [0.2, 0.25) is 0 Å². The van der Waals surface area contributed by atoms with Crippen LogP contribution in [0.15, 0.2) is 24.3 Å². The topological polar surface area (TPSA) is 66.6 Å². The Morgan fingerprint density at radius 3 is 2.60 bits per heavy atom. The smallest absolute Gasteiger partial charge is 0.256 e. The molecule has 0 aliphatic carbocycles. The van der Waals surface area contributed by atoms with Crippen molar-refractivity contribution >= 4 is 11.6 Å². The predicted molar refractivity (Wildman–Crippen MR) is 57.4 cm³/mol. The standard InChI is InChI=1S/C11H14N2O2/c1-11(15)6-13(7-11)10(14)8-4-2-3-5-9(8)12/h2-5,15H,6-7,12H2,1H3. The summed E-state index contributed by atoms with van der Waals surface area (Å²) in [6.07, 6.45) is 0. The highest BCUT2D eigenvalue weighted by Gasteiger charge is 2.39. The first-order chi connectivity index (χ1) is 6.99. The summed E-state index contributed by atoms with van der Waals surface area (Å²) in [5, 5.41) is 9.52. The molecule has 1 heterocycles. The lowest BCUT2D eigenvalue weighted by Crippen LogP contribution is -2.61. The van der Waals surface area contributed by atoms with Crippen molar-refractivity contribution in [3.8, 4) is 0 Å². The van der Waals surface area contributed by atoms with E-state index in [-0.39, 0.29) is 5.91 Å². The predicted octanol–water partition coefficient (Wildman–Crippen LogP) is 0.476. The molecule has 3 N–H and O–H groups in total. The third-order valence-electron chi connectivity index (χ3n) is 2.54. The minimum atomic E-state index is -0.737. The first kappa shape index (κ1) is 9.98. The minimum Gasteiger partial charge on any atom is -0.398 e. The van der Waals surface area contributed by atoms with E-state index in [0.717, 1.165) is 0 Å². The van der Waals surface area contributed by atoms with Crippen LogP contribution in [0.3, 0.4) is 0 Å². The Morgan fingerprint density at radius 2 is 2.07 bits per heavy atom. The molecule has 0 aromatic heterocycles. The molecule has 80 valence electrons. The molecule has 4 nitrogen and oxygen atoms in total. The van der Waals surface area contributed by atoms with E-state index >= 15 is 0 Å². The number of rotatable bonds is 1. The molecule has 4 heteroatoms. The van der Waals surface area contributed by atoms with Gasteiger partial charge in [0.25, 0.3) is 5.91 Å². The molecule has 1 aromatic carbocycles. The van der Waals surface area contributed by atoms with E-state index < -0.39 is 5.60 Å². The van der Waals surface area contributed by atoms with Gasteiger partial charge in [0, 0.05) is 5.69 Å². The van der Waals surface area contributed by atoms with Gasteiger partial charge in [-0.05, 0) is 19.1 Å². The molecular weight excluding hydrogens is 192 g/mol. The van der Waals surface area contributed by atoms with Crippen molar-refractivity contribution in [1.82, 2.24) is 4.90 Å². The van der Waals surface area contributed by atoms with Crippen molar-refractivity contribution in [2.75, 3.05) is 18.8 Å². The average Bonchev–Trinajstić information content (AvgIpc) is 2.14. The fourth-order valence-electron chi connectivity index (χ4n) is 1.78. The van der Waals surface area contributed by atoms with E-state index in [1.807, 2.05) is 0 Å². The largest absolute Gasteiger partial charge is 0.398 e. The number of nitrogens with zero attached hydrogens (tertiary/aromatic N) is 1. The fraction of sp³-hybridized carbons (Fsp3) is 0.364. The van der Waals surface area contributed by atoms with E-state index in [2.05, 4.69) is 0 Å². The number of para-hydroxylation sites is 1. The van der Waals surface area contributed by atoms with Crippen molar-refractivity contribution < 1.29 is 9.90 Å². The summed E-state index contributed by atoms with van der Waals surface area (Å²) in [5.74, 6) is -0.111. The van der Waals surface area contributed by atoms with Crippen LogP contribution in [0, 0.1) is 0 Å². The number of carbonyl (C=O) groups is 1. The van der Waals surface area contributed by atoms with E-state index in [1.54, 1.807) is 36.1 Å².